The highest BCUT2D eigenvalue weighted by Crippen LogP contribution is 2.17. The number of nitrogens with two attached hydrogens (primary N) is 1. The van der Waals surface area contributed by atoms with E-state index >= 15 is 0 Å². The zero-order valence-electron chi connectivity index (χ0n) is 11.3. The van der Waals surface area contributed by atoms with Gasteiger partial charge in [0.15, 0.2) is 11.0 Å². The van der Waals surface area contributed by atoms with Crippen LogP contribution in [-0.4, -0.2) is 33.3 Å². The number of nitrogen functional groups attached to an aromatic ring is 1. The first-order valence-electron chi connectivity index (χ1n) is 6.21. The fourth-order valence-corrected chi connectivity index (χ4v) is 2.46. The van der Waals surface area contributed by atoms with Gasteiger partial charge < -0.3 is 16.2 Å². The van der Waals surface area contributed by atoms with E-state index in [4.69, 9.17) is 10.8 Å². The second-order valence-corrected chi connectivity index (χ2v) is 6.16. The Morgan fingerprint density at radius 2 is 2.09 bits per heavy atom. The van der Waals surface area contributed by atoms with E-state index in [9.17, 15) is 9.59 Å². The maximum atomic E-state index is 12.1. The number of aromatic amines is 1. The molecule has 0 aliphatic heterocycles. The molecule has 0 saturated carbocycles. The van der Waals surface area contributed by atoms with E-state index in [0.717, 1.165) is 16.2 Å². The molecule has 22 heavy (non-hydrogen) atoms. The van der Waals surface area contributed by atoms with E-state index in [1.807, 2.05) is 0 Å². The molecule has 1 amide bonds. The van der Waals surface area contributed by atoms with Crippen LogP contribution >= 0.6 is 27.7 Å². The number of amides is 1. The van der Waals surface area contributed by atoms with Gasteiger partial charge in [-0.25, -0.2) is 4.98 Å². The second-order valence-electron chi connectivity index (χ2n) is 4.16. The summed E-state index contributed by atoms with van der Waals surface area (Å²) < 4.78 is 0.841. The van der Waals surface area contributed by atoms with Crippen LogP contribution in [0.25, 0.3) is 0 Å². The molecule has 1 aromatic carbocycles. The molecule has 2 rings (SSSR count). The smallest absolute Gasteiger partial charge is 0.277 e. The summed E-state index contributed by atoms with van der Waals surface area (Å²) in [6, 6.07) is 6.66. The van der Waals surface area contributed by atoms with Crippen LogP contribution in [0.5, 0.6) is 0 Å². The predicted molar refractivity (Wildman–Crippen MR) is 89.2 cm³/mol. The quantitative estimate of drug-likeness (QED) is 0.457. The first-order valence-corrected chi connectivity index (χ1v) is 7.99. The van der Waals surface area contributed by atoms with Crippen molar-refractivity contribution in [1.82, 2.24) is 9.97 Å². The number of aliphatic hydroxyl groups excluding tert-OH is 1. The van der Waals surface area contributed by atoms with E-state index < -0.39 is 11.5 Å². The third kappa shape index (κ3) is 4.09. The van der Waals surface area contributed by atoms with Crippen molar-refractivity contribution in [2.24, 2.45) is 0 Å². The van der Waals surface area contributed by atoms with Crippen LogP contribution in [0, 0.1) is 0 Å². The van der Waals surface area contributed by atoms with Gasteiger partial charge in [-0.2, -0.15) is 0 Å². The average molecular weight is 385 g/mol. The third-order valence-corrected chi connectivity index (χ3v) is 3.98. The Hall–Kier alpha value is -1.84. The van der Waals surface area contributed by atoms with Crippen molar-refractivity contribution in [1.29, 1.82) is 0 Å². The molecule has 1 aromatic heterocycles. The zero-order valence-corrected chi connectivity index (χ0v) is 13.7. The summed E-state index contributed by atoms with van der Waals surface area (Å²) in [7, 11) is 0. The van der Waals surface area contributed by atoms with Crippen LogP contribution in [0.15, 0.2) is 38.7 Å². The van der Waals surface area contributed by atoms with Gasteiger partial charge in [-0.1, -0.05) is 27.7 Å². The lowest BCUT2D eigenvalue weighted by molar-refractivity contribution is 0.102. The Morgan fingerprint density at radius 1 is 1.41 bits per heavy atom. The van der Waals surface area contributed by atoms with Gasteiger partial charge in [0.05, 0.1) is 6.61 Å². The Labute approximate surface area is 138 Å². The van der Waals surface area contributed by atoms with Crippen LogP contribution in [0.2, 0.25) is 0 Å². The first kappa shape index (κ1) is 16.5. The highest BCUT2D eigenvalue weighted by atomic mass is 79.9. The summed E-state index contributed by atoms with van der Waals surface area (Å²) in [6.07, 6.45) is 0. The molecule has 1 heterocycles. The average Bonchev–Trinajstić information content (AvgIpc) is 2.49. The number of aliphatic hydroxyl groups is 1. The van der Waals surface area contributed by atoms with Crippen molar-refractivity contribution in [2.75, 3.05) is 23.4 Å². The van der Waals surface area contributed by atoms with Crippen molar-refractivity contribution < 1.29 is 9.90 Å². The summed E-state index contributed by atoms with van der Waals surface area (Å²) in [5.41, 5.74) is 5.47. The molecule has 7 nitrogen and oxygen atoms in total. The predicted octanol–water partition coefficient (Wildman–Crippen LogP) is 1.45. The number of nitrogens with one attached hydrogen (secondary N) is 2. The van der Waals surface area contributed by atoms with E-state index in [1.54, 1.807) is 24.3 Å². The van der Waals surface area contributed by atoms with Crippen LogP contribution < -0.4 is 16.6 Å². The molecular weight excluding hydrogens is 372 g/mol. The Balaban J connectivity index is 2.20. The maximum Gasteiger partial charge on any atom is 0.277 e. The molecule has 2 aromatic rings. The van der Waals surface area contributed by atoms with Gasteiger partial charge in [0.1, 0.15) is 5.69 Å². The normalized spacial score (nSPS) is 10.5. The van der Waals surface area contributed by atoms with Gasteiger partial charge >= 0.3 is 0 Å². The number of H-pyrrole nitrogens is 1. The number of rotatable bonds is 5. The molecule has 0 fully saturated rings. The van der Waals surface area contributed by atoms with Crippen LogP contribution in [0.3, 0.4) is 0 Å². The number of aromatic nitrogens is 2. The van der Waals surface area contributed by atoms with Gasteiger partial charge in [0, 0.05) is 15.8 Å². The molecule has 0 unspecified atom stereocenters. The van der Waals surface area contributed by atoms with Crippen molar-refractivity contribution in [3.05, 3.63) is 44.7 Å². The number of hydrogen-bond acceptors (Lipinski definition) is 6. The van der Waals surface area contributed by atoms with Crippen LogP contribution in [-0.2, 0) is 0 Å². The van der Waals surface area contributed by atoms with Crippen molar-refractivity contribution in [2.45, 2.75) is 5.16 Å². The minimum Gasteiger partial charge on any atom is -0.396 e. The van der Waals surface area contributed by atoms with Crippen LogP contribution in [0.1, 0.15) is 10.4 Å². The summed E-state index contributed by atoms with van der Waals surface area (Å²) in [4.78, 5) is 30.5. The molecule has 0 atom stereocenters. The molecule has 116 valence electrons. The van der Waals surface area contributed by atoms with Gasteiger partial charge in [-0.05, 0) is 24.3 Å². The fourth-order valence-electron chi connectivity index (χ4n) is 1.59. The molecule has 0 saturated heterocycles. The van der Waals surface area contributed by atoms with Crippen molar-refractivity contribution in [3.8, 4) is 0 Å². The van der Waals surface area contributed by atoms with Crippen LogP contribution in [0.4, 0.5) is 11.5 Å². The number of halogens is 1. The number of benzene rings is 1. The minimum atomic E-state index is -0.543. The number of anilines is 2. The summed E-state index contributed by atoms with van der Waals surface area (Å²) >= 11 is 4.44. The lowest BCUT2D eigenvalue weighted by Gasteiger charge is -2.08. The number of thioether (sulfide) groups is 1. The summed E-state index contributed by atoms with van der Waals surface area (Å²) in [5.74, 6) is -0.149. The number of nitrogens with zero attached hydrogens (tertiary/aromatic N) is 1. The van der Waals surface area contributed by atoms with Gasteiger partial charge in [-0.15, -0.1) is 0 Å². The summed E-state index contributed by atoms with van der Waals surface area (Å²) in [6.45, 7) is -0.0453. The Morgan fingerprint density at radius 3 is 2.68 bits per heavy atom. The number of carbonyl (C=O) groups is 1. The Bertz CT molecular complexity index is 733. The largest absolute Gasteiger partial charge is 0.396 e. The van der Waals surface area contributed by atoms with Crippen molar-refractivity contribution in [3.63, 3.8) is 0 Å². The van der Waals surface area contributed by atoms with E-state index in [-0.39, 0.29) is 23.3 Å². The summed E-state index contributed by atoms with van der Waals surface area (Å²) in [5, 5.41) is 11.5. The number of carbonyl (C=O) groups excluding carboxylic acids is 1. The molecule has 0 bridgehead atoms. The monoisotopic (exact) mass is 384 g/mol. The maximum absolute atomic E-state index is 12.1. The fraction of sp³-hybridized carbons (Fsp3) is 0.154. The second kappa shape index (κ2) is 7.43. The standard InChI is InChI=1S/C13H13BrN4O3S/c14-8-3-1-7(2-4-8)11(20)16-9-10(15)17-13(18-12(9)21)22-6-5-19/h1-4,19H,5-6H2,(H,16,20)(H3,15,17,18,21). The molecule has 5 N–H and O–H groups in total. The lowest BCUT2D eigenvalue weighted by Crippen LogP contribution is -2.23. The minimum absolute atomic E-state index is 0.0453. The molecule has 0 radical (unpaired) electrons. The highest BCUT2D eigenvalue weighted by Gasteiger charge is 2.13. The number of hydrogen-bond donors (Lipinski definition) is 4. The van der Waals surface area contributed by atoms with Gasteiger partial charge in [0.25, 0.3) is 11.5 Å². The Kier molecular flexibility index (Phi) is 5.58. The van der Waals surface area contributed by atoms with E-state index in [1.165, 1.54) is 0 Å². The van der Waals surface area contributed by atoms with Crippen molar-refractivity contribution >= 4 is 45.1 Å². The van der Waals surface area contributed by atoms with Gasteiger partial charge in [-0.3, -0.25) is 14.6 Å². The third-order valence-electron chi connectivity index (χ3n) is 2.60. The van der Waals surface area contributed by atoms with E-state index in [0.29, 0.717) is 11.3 Å². The zero-order chi connectivity index (χ0) is 16.1. The molecule has 0 aliphatic carbocycles. The van der Waals surface area contributed by atoms with Gasteiger partial charge in [0.2, 0.25) is 0 Å². The lowest BCUT2D eigenvalue weighted by atomic mass is 10.2. The molecule has 9 heteroatoms. The molecule has 0 spiro atoms. The molecule has 0 aliphatic rings. The SMILES string of the molecule is Nc1nc(SCCO)[nH]c(=O)c1NC(=O)c1ccc(Br)cc1. The topological polar surface area (TPSA) is 121 Å². The molecular formula is C13H13BrN4O3S. The van der Waals surface area contributed by atoms with E-state index in [2.05, 4.69) is 31.2 Å². The highest BCUT2D eigenvalue weighted by molar-refractivity contribution is 9.10. The first-order chi connectivity index (χ1) is 10.5.